The fraction of sp³-hybridized carbons (Fsp3) is 0. The number of hydrogen-bond donors (Lipinski definition) is 2. The van der Waals surface area contributed by atoms with E-state index in [1.165, 1.54) is 0 Å². The molecule has 0 saturated carbocycles. The van der Waals surface area contributed by atoms with Gasteiger partial charge in [-0.3, -0.25) is 9.97 Å². The molecule has 0 aliphatic carbocycles. The van der Waals surface area contributed by atoms with Crippen LogP contribution in [0.3, 0.4) is 0 Å². The summed E-state index contributed by atoms with van der Waals surface area (Å²) < 4.78 is 0.676. The van der Waals surface area contributed by atoms with Crippen molar-refractivity contribution in [1.29, 1.82) is 0 Å². The number of aromatic nitrogens is 5. The molecule has 2 aromatic carbocycles. The SMILES string of the molecule is S=c1[nH]cc[nH]1.c1ccc2c(-c3cnccn3)c3ccccc3nc2c1. The molecule has 0 radical (unpaired) electrons. The van der Waals surface area contributed by atoms with E-state index in [2.05, 4.69) is 44.3 Å². The van der Waals surface area contributed by atoms with Crippen LogP contribution in [0.15, 0.2) is 79.5 Å². The number of benzene rings is 2. The number of aromatic amines is 2. The maximum atomic E-state index is 4.72. The van der Waals surface area contributed by atoms with Crippen LogP contribution in [0.1, 0.15) is 0 Å². The molecule has 0 unspecified atom stereocenters. The summed E-state index contributed by atoms with van der Waals surface area (Å²) in [5.41, 5.74) is 3.93. The summed E-state index contributed by atoms with van der Waals surface area (Å²) in [6.07, 6.45) is 8.72. The van der Waals surface area contributed by atoms with Gasteiger partial charge in [0.1, 0.15) is 0 Å². The maximum absolute atomic E-state index is 4.72. The summed E-state index contributed by atoms with van der Waals surface area (Å²) >= 11 is 4.63. The topological polar surface area (TPSA) is 70.2 Å². The van der Waals surface area contributed by atoms with Crippen molar-refractivity contribution in [3.8, 4) is 11.3 Å². The van der Waals surface area contributed by atoms with Crippen molar-refractivity contribution in [1.82, 2.24) is 24.9 Å². The third-order valence-corrected chi connectivity index (χ3v) is 4.15. The molecule has 2 N–H and O–H groups in total. The van der Waals surface area contributed by atoms with Gasteiger partial charge in [-0.05, 0) is 24.4 Å². The molecule has 0 atom stereocenters. The predicted octanol–water partition coefficient (Wildman–Crippen LogP) is 4.92. The number of pyridine rings is 1. The van der Waals surface area contributed by atoms with E-state index >= 15 is 0 Å². The van der Waals surface area contributed by atoms with E-state index in [1.54, 1.807) is 31.0 Å². The van der Waals surface area contributed by atoms with Gasteiger partial charge in [-0.25, -0.2) is 4.98 Å². The number of fused-ring (bicyclic) bond motifs is 2. The second-order valence-electron chi connectivity index (χ2n) is 5.56. The number of rotatable bonds is 1. The van der Waals surface area contributed by atoms with Gasteiger partial charge in [-0.15, -0.1) is 0 Å². The average Bonchev–Trinajstić information content (AvgIpc) is 3.18. The quantitative estimate of drug-likeness (QED) is 0.330. The molecule has 3 heterocycles. The molecule has 3 aromatic heterocycles. The van der Waals surface area contributed by atoms with Crippen LogP contribution < -0.4 is 0 Å². The Hall–Kier alpha value is -3.38. The molecule has 0 bridgehead atoms. The van der Waals surface area contributed by atoms with E-state index < -0.39 is 0 Å². The number of nitrogens with zero attached hydrogens (tertiary/aromatic N) is 3. The van der Waals surface area contributed by atoms with Gasteiger partial charge < -0.3 is 9.97 Å². The molecule has 6 heteroatoms. The van der Waals surface area contributed by atoms with Crippen molar-refractivity contribution < 1.29 is 0 Å². The summed E-state index contributed by atoms with van der Waals surface area (Å²) in [5.74, 6) is 0. The second kappa shape index (κ2) is 7.25. The number of hydrogen-bond acceptors (Lipinski definition) is 4. The van der Waals surface area contributed by atoms with Gasteiger partial charge in [0, 0.05) is 41.1 Å². The summed E-state index contributed by atoms with van der Waals surface area (Å²) in [6, 6.07) is 16.3. The fourth-order valence-corrected chi connectivity index (χ4v) is 2.96. The minimum atomic E-state index is 0.676. The molecule has 0 amide bonds. The lowest BCUT2D eigenvalue weighted by molar-refractivity contribution is 1.21. The molecule has 0 aliphatic heterocycles. The highest BCUT2D eigenvalue weighted by atomic mass is 32.1. The van der Waals surface area contributed by atoms with Crippen LogP contribution in [-0.2, 0) is 0 Å². The molecule has 0 aliphatic rings. The number of para-hydroxylation sites is 2. The van der Waals surface area contributed by atoms with Gasteiger partial charge >= 0.3 is 0 Å². The highest BCUT2D eigenvalue weighted by molar-refractivity contribution is 7.71. The van der Waals surface area contributed by atoms with Crippen LogP contribution in [0.4, 0.5) is 0 Å². The number of H-pyrrole nitrogens is 2. The molecule has 5 rings (SSSR count). The van der Waals surface area contributed by atoms with Crippen LogP contribution in [0.5, 0.6) is 0 Å². The molecule has 126 valence electrons. The minimum absolute atomic E-state index is 0.676. The zero-order chi connectivity index (χ0) is 17.8. The van der Waals surface area contributed by atoms with Gasteiger partial charge in [0.05, 0.1) is 22.9 Å². The zero-order valence-electron chi connectivity index (χ0n) is 13.8. The van der Waals surface area contributed by atoms with Crippen molar-refractivity contribution in [3.63, 3.8) is 0 Å². The van der Waals surface area contributed by atoms with Gasteiger partial charge in [0.15, 0.2) is 4.77 Å². The standard InChI is InChI=1S/C17H11N3.C3H4N2S/c1-3-7-14-12(5-1)17(16-11-18-9-10-19-16)13-6-2-4-8-15(13)20-14;6-3-4-1-2-5-3/h1-11H;1-2H,(H2,4,5,6). The third kappa shape index (κ3) is 3.22. The van der Waals surface area contributed by atoms with E-state index in [-0.39, 0.29) is 0 Å². The van der Waals surface area contributed by atoms with E-state index in [9.17, 15) is 0 Å². The smallest absolute Gasteiger partial charge is 0.174 e. The van der Waals surface area contributed by atoms with E-state index in [0.717, 1.165) is 33.1 Å². The van der Waals surface area contributed by atoms with Crippen LogP contribution in [0.2, 0.25) is 0 Å². The molecular weight excluding hydrogens is 342 g/mol. The van der Waals surface area contributed by atoms with Crippen LogP contribution in [-0.4, -0.2) is 24.9 Å². The lowest BCUT2D eigenvalue weighted by Crippen LogP contribution is -1.91. The summed E-state index contributed by atoms with van der Waals surface area (Å²) in [7, 11) is 0. The van der Waals surface area contributed by atoms with Crippen LogP contribution >= 0.6 is 12.2 Å². The predicted molar refractivity (Wildman–Crippen MR) is 106 cm³/mol. The van der Waals surface area contributed by atoms with E-state index in [1.807, 2.05) is 36.4 Å². The normalized spacial score (nSPS) is 10.5. The summed E-state index contributed by atoms with van der Waals surface area (Å²) in [5, 5.41) is 2.21. The Morgan fingerprint density at radius 1 is 0.769 bits per heavy atom. The van der Waals surface area contributed by atoms with Gasteiger partial charge in [0.2, 0.25) is 0 Å². The molecule has 5 aromatic rings. The van der Waals surface area contributed by atoms with Crippen molar-refractivity contribution in [3.05, 3.63) is 84.3 Å². The molecule has 5 nitrogen and oxygen atoms in total. The van der Waals surface area contributed by atoms with Crippen molar-refractivity contribution >= 4 is 34.0 Å². The van der Waals surface area contributed by atoms with Gasteiger partial charge in [-0.1, -0.05) is 36.4 Å². The first-order valence-corrected chi connectivity index (χ1v) is 8.50. The second-order valence-corrected chi connectivity index (χ2v) is 5.97. The Balaban J connectivity index is 0.000000240. The van der Waals surface area contributed by atoms with Gasteiger partial charge in [0.25, 0.3) is 0 Å². The maximum Gasteiger partial charge on any atom is 0.174 e. The lowest BCUT2D eigenvalue weighted by Gasteiger charge is -2.09. The fourth-order valence-electron chi connectivity index (χ4n) is 2.82. The first kappa shape index (κ1) is 16.1. The van der Waals surface area contributed by atoms with Gasteiger partial charge in [-0.2, -0.15) is 0 Å². The Morgan fingerprint density at radius 3 is 1.88 bits per heavy atom. The highest BCUT2D eigenvalue weighted by Gasteiger charge is 2.11. The largest absolute Gasteiger partial charge is 0.338 e. The lowest BCUT2D eigenvalue weighted by atomic mass is 10.0. The van der Waals surface area contributed by atoms with Crippen molar-refractivity contribution in [2.45, 2.75) is 0 Å². The highest BCUT2D eigenvalue weighted by Crippen LogP contribution is 2.32. The Bertz CT molecular complexity index is 1140. The Morgan fingerprint density at radius 2 is 1.38 bits per heavy atom. The number of imidazole rings is 1. The van der Waals surface area contributed by atoms with E-state index in [4.69, 9.17) is 4.98 Å². The monoisotopic (exact) mass is 357 g/mol. The molecule has 0 saturated heterocycles. The Labute approximate surface area is 154 Å². The first-order valence-electron chi connectivity index (χ1n) is 8.09. The molecule has 26 heavy (non-hydrogen) atoms. The third-order valence-electron chi connectivity index (χ3n) is 3.92. The number of nitrogens with one attached hydrogen (secondary N) is 2. The van der Waals surface area contributed by atoms with Crippen LogP contribution in [0, 0.1) is 4.77 Å². The van der Waals surface area contributed by atoms with Crippen molar-refractivity contribution in [2.24, 2.45) is 0 Å². The minimum Gasteiger partial charge on any atom is -0.338 e. The van der Waals surface area contributed by atoms with Crippen LogP contribution in [0.25, 0.3) is 33.1 Å². The molecular formula is C20H15N5S. The Kier molecular flexibility index (Phi) is 4.49. The van der Waals surface area contributed by atoms with E-state index in [0.29, 0.717) is 4.77 Å². The molecule has 0 spiro atoms. The first-order chi connectivity index (χ1) is 12.8. The average molecular weight is 357 g/mol. The molecule has 0 fully saturated rings. The summed E-state index contributed by atoms with van der Waals surface area (Å²) in [6.45, 7) is 0. The zero-order valence-corrected chi connectivity index (χ0v) is 14.6. The van der Waals surface area contributed by atoms with Crippen molar-refractivity contribution in [2.75, 3.05) is 0 Å². The summed E-state index contributed by atoms with van der Waals surface area (Å²) in [4.78, 5) is 18.9.